The average Bonchev–Trinajstić information content (AvgIpc) is 2.56. The van der Waals surface area contributed by atoms with E-state index >= 15 is 0 Å². The summed E-state index contributed by atoms with van der Waals surface area (Å²) in [6.45, 7) is 5.53. The number of hydrogen-bond donors (Lipinski definition) is 1. The predicted octanol–water partition coefficient (Wildman–Crippen LogP) is 1.64. The van der Waals surface area contributed by atoms with Crippen LogP contribution in [0.15, 0.2) is 18.2 Å². The number of carbonyl (C=O) groups excluding carboxylic acids is 1. The van der Waals surface area contributed by atoms with E-state index in [9.17, 15) is 13.2 Å². The second-order valence-corrected chi connectivity index (χ2v) is 7.94. The first kappa shape index (κ1) is 19.5. The molecule has 0 aliphatic carbocycles. The summed E-state index contributed by atoms with van der Waals surface area (Å²) in [5.74, 6) is 0.879. The number of sulfonamides is 1. The van der Waals surface area contributed by atoms with Crippen molar-refractivity contribution in [2.45, 2.75) is 32.7 Å². The Hall–Kier alpha value is -1.80. The van der Waals surface area contributed by atoms with Crippen molar-refractivity contribution in [3.05, 3.63) is 23.8 Å². The minimum absolute atomic E-state index is 0.196. The fourth-order valence-electron chi connectivity index (χ4n) is 2.82. The van der Waals surface area contributed by atoms with Crippen LogP contribution >= 0.6 is 0 Å². The molecular formula is C17H26N2O5S. The van der Waals surface area contributed by atoms with E-state index in [2.05, 4.69) is 5.32 Å². The van der Waals surface area contributed by atoms with Crippen LogP contribution in [0.4, 0.5) is 0 Å². The summed E-state index contributed by atoms with van der Waals surface area (Å²) in [5.41, 5.74) is 0.461. The highest BCUT2D eigenvalue weighted by Gasteiger charge is 2.27. The Kier molecular flexibility index (Phi) is 6.66. The molecule has 1 saturated heterocycles. The maximum absolute atomic E-state index is 12.5. The molecule has 2 rings (SSSR count). The van der Waals surface area contributed by atoms with E-state index in [1.807, 2.05) is 13.8 Å². The monoisotopic (exact) mass is 370 g/mol. The maximum atomic E-state index is 12.5. The van der Waals surface area contributed by atoms with E-state index in [-0.39, 0.29) is 11.9 Å². The predicted molar refractivity (Wildman–Crippen MR) is 95.7 cm³/mol. The number of amides is 1. The Bertz CT molecular complexity index is 705. The highest BCUT2D eigenvalue weighted by Crippen LogP contribution is 2.28. The van der Waals surface area contributed by atoms with Gasteiger partial charge in [0.25, 0.3) is 5.91 Å². The molecule has 1 aliphatic heterocycles. The van der Waals surface area contributed by atoms with E-state index in [1.54, 1.807) is 18.2 Å². The molecule has 7 nitrogen and oxygen atoms in total. The third-order valence-corrected chi connectivity index (χ3v) is 5.26. The van der Waals surface area contributed by atoms with Gasteiger partial charge >= 0.3 is 0 Å². The highest BCUT2D eigenvalue weighted by atomic mass is 32.2. The summed E-state index contributed by atoms with van der Waals surface area (Å²) in [7, 11) is -3.24. The van der Waals surface area contributed by atoms with Crippen molar-refractivity contribution in [1.82, 2.24) is 9.62 Å². The Balaban J connectivity index is 2.08. The molecule has 1 aromatic carbocycles. The second-order valence-electron chi connectivity index (χ2n) is 5.96. The first-order valence-electron chi connectivity index (χ1n) is 8.50. The fraction of sp³-hybridized carbons (Fsp3) is 0.588. The molecular weight excluding hydrogens is 344 g/mol. The van der Waals surface area contributed by atoms with E-state index < -0.39 is 10.0 Å². The second kappa shape index (κ2) is 8.53. The summed E-state index contributed by atoms with van der Waals surface area (Å²) in [6, 6.07) is 4.85. The van der Waals surface area contributed by atoms with Crippen molar-refractivity contribution >= 4 is 15.9 Å². The Morgan fingerprint density at radius 2 is 1.92 bits per heavy atom. The van der Waals surface area contributed by atoms with Crippen molar-refractivity contribution in [2.75, 3.05) is 32.6 Å². The van der Waals surface area contributed by atoms with Crippen molar-refractivity contribution in [3.63, 3.8) is 0 Å². The molecule has 25 heavy (non-hydrogen) atoms. The van der Waals surface area contributed by atoms with Gasteiger partial charge in [0.1, 0.15) is 0 Å². The largest absolute Gasteiger partial charge is 0.490 e. The summed E-state index contributed by atoms with van der Waals surface area (Å²) in [4.78, 5) is 12.5. The SMILES string of the molecule is CCOc1ccc(C(=O)NC2CCCN(S(C)(=O)=O)C2)cc1OCC. The number of hydrogen-bond acceptors (Lipinski definition) is 5. The van der Waals surface area contributed by atoms with Crippen LogP contribution in [0.5, 0.6) is 11.5 Å². The van der Waals surface area contributed by atoms with E-state index in [1.165, 1.54) is 10.6 Å². The molecule has 1 fully saturated rings. The van der Waals surface area contributed by atoms with Gasteiger partial charge in [0.05, 0.1) is 19.5 Å². The molecule has 0 saturated carbocycles. The van der Waals surface area contributed by atoms with Crippen LogP contribution in [-0.4, -0.2) is 57.2 Å². The van der Waals surface area contributed by atoms with Gasteiger partial charge in [0.15, 0.2) is 11.5 Å². The van der Waals surface area contributed by atoms with Crippen LogP contribution in [0.2, 0.25) is 0 Å². The first-order valence-corrected chi connectivity index (χ1v) is 10.4. The Morgan fingerprint density at radius 3 is 2.56 bits per heavy atom. The molecule has 0 aromatic heterocycles. The van der Waals surface area contributed by atoms with Gasteiger partial charge in [-0.2, -0.15) is 0 Å². The van der Waals surface area contributed by atoms with Gasteiger partial charge in [0.2, 0.25) is 10.0 Å². The van der Waals surface area contributed by atoms with Crippen LogP contribution in [-0.2, 0) is 10.0 Å². The number of nitrogens with zero attached hydrogens (tertiary/aromatic N) is 1. The van der Waals surface area contributed by atoms with Gasteiger partial charge in [-0.15, -0.1) is 0 Å². The fourth-order valence-corrected chi connectivity index (χ4v) is 3.73. The number of ether oxygens (including phenoxy) is 2. The minimum atomic E-state index is -3.24. The van der Waals surface area contributed by atoms with Gasteiger partial charge in [-0.1, -0.05) is 0 Å². The zero-order valence-electron chi connectivity index (χ0n) is 14.9. The van der Waals surface area contributed by atoms with Crippen molar-refractivity contribution < 1.29 is 22.7 Å². The molecule has 1 unspecified atom stereocenters. The Labute approximate surface area is 149 Å². The molecule has 1 amide bonds. The molecule has 1 atom stereocenters. The molecule has 140 valence electrons. The molecule has 1 aromatic rings. The standard InChI is InChI=1S/C17H26N2O5S/c1-4-23-15-9-8-13(11-16(15)24-5-2)17(20)18-14-7-6-10-19(12-14)25(3,21)22/h8-9,11,14H,4-7,10,12H2,1-3H3,(H,18,20). The minimum Gasteiger partial charge on any atom is -0.490 e. The van der Waals surface area contributed by atoms with Gasteiger partial charge in [-0.05, 0) is 44.9 Å². The normalized spacial score (nSPS) is 18.6. The first-order chi connectivity index (χ1) is 11.8. The van der Waals surface area contributed by atoms with Crippen molar-refractivity contribution in [3.8, 4) is 11.5 Å². The van der Waals surface area contributed by atoms with Crippen LogP contribution in [0.1, 0.15) is 37.0 Å². The zero-order valence-corrected chi connectivity index (χ0v) is 15.8. The maximum Gasteiger partial charge on any atom is 0.251 e. The van der Waals surface area contributed by atoms with Gasteiger partial charge in [0, 0.05) is 24.7 Å². The lowest BCUT2D eigenvalue weighted by molar-refractivity contribution is 0.0921. The quantitative estimate of drug-likeness (QED) is 0.789. The van der Waals surface area contributed by atoms with Gasteiger partial charge < -0.3 is 14.8 Å². The smallest absolute Gasteiger partial charge is 0.251 e. The van der Waals surface area contributed by atoms with E-state index in [4.69, 9.17) is 9.47 Å². The lowest BCUT2D eigenvalue weighted by Gasteiger charge is -2.31. The molecule has 8 heteroatoms. The number of piperidine rings is 1. The number of benzene rings is 1. The number of nitrogens with one attached hydrogen (secondary N) is 1. The third kappa shape index (κ3) is 5.34. The summed E-state index contributed by atoms with van der Waals surface area (Å²) >= 11 is 0. The van der Waals surface area contributed by atoms with Crippen LogP contribution in [0.3, 0.4) is 0 Å². The molecule has 0 radical (unpaired) electrons. The van der Waals surface area contributed by atoms with Crippen LogP contribution in [0.25, 0.3) is 0 Å². The number of carbonyl (C=O) groups is 1. The van der Waals surface area contributed by atoms with Crippen molar-refractivity contribution in [1.29, 1.82) is 0 Å². The molecule has 1 aliphatic rings. The Morgan fingerprint density at radius 1 is 1.24 bits per heavy atom. The van der Waals surface area contributed by atoms with Gasteiger partial charge in [-0.25, -0.2) is 12.7 Å². The van der Waals surface area contributed by atoms with Crippen molar-refractivity contribution in [2.24, 2.45) is 0 Å². The molecule has 0 bridgehead atoms. The summed E-state index contributed by atoms with van der Waals surface area (Å²) in [6.07, 6.45) is 2.68. The van der Waals surface area contributed by atoms with Gasteiger partial charge in [-0.3, -0.25) is 4.79 Å². The summed E-state index contributed by atoms with van der Waals surface area (Å²) in [5, 5.41) is 2.92. The average molecular weight is 370 g/mol. The van der Waals surface area contributed by atoms with E-state index in [0.717, 1.165) is 12.8 Å². The zero-order chi connectivity index (χ0) is 18.4. The lowest BCUT2D eigenvalue weighted by Crippen LogP contribution is -2.49. The molecule has 0 spiro atoms. The molecule has 1 N–H and O–H groups in total. The van der Waals surface area contributed by atoms with Crippen LogP contribution in [0, 0.1) is 0 Å². The highest BCUT2D eigenvalue weighted by molar-refractivity contribution is 7.88. The third-order valence-electron chi connectivity index (χ3n) is 3.99. The number of rotatable bonds is 7. The summed E-state index contributed by atoms with van der Waals surface area (Å²) < 4.78 is 35.8. The van der Waals surface area contributed by atoms with Crippen LogP contribution < -0.4 is 14.8 Å². The van der Waals surface area contributed by atoms with E-state index in [0.29, 0.717) is 43.4 Å². The topological polar surface area (TPSA) is 84.9 Å². The molecule has 1 heterocycles. The lowest BCUT2D eigenvalue weighted by atomic mass is 10.1.